The molecule has 1 fully saturated rings. The lowest BCUT2D eigenvalue weighted by Gasteiger charge is -2.20. The van der Waals surface area contributed by atoms with Gasteiger partial charge in [0, 0.05) is 6.61 Å². The third-order valence-corrected chi connectivity index (χ3v) is 3.73. The van der Waals surface area contributed by atoms with Gasteiger partial charge in [0.2, 0.25) is 0 Å². The first-order valence-corrected chi connectivity index (χ1v) is 6.94. The van der Waals surface area contributed by atoms with E-state index in [2.05, 4.69) is 5.32 Å². The molecule has 2 heterocycles. The fourth-order valence-electron chi connectivity index (χ4n) is 2.40. The molecule has 0 unspecified atom stereocenters. The Labute approximate surface area is 125 Å². The maximum absolute atomic E-state index is 13.6. The SMILES string of the molecule is O=C(N[C@@H]1CCO[C@@H]1c1ccc(Cl)c(F)c1)c1ccco1. The van der Waals surface area contributed by atoms with Gasteiger partial charge in [0.05, 0.1) is 17.3 Å². The third-order valence-electron chi connectivity index (χ3n) is 3.43. The summed E-state index contributed by atoms with van der Waals surface area (Å²) < 4.78 is 24.2. The monoisotopic (exact) mass is 309 g/mol. The summed E-state index contributed by atoms with van der Waals surface area (Å²) in [6.45, 7) is 0.498. The summed E-state index contributed by atoms with van der Waals surface area (Å²) in [6, 6.07) is 7.52. The predicted octanol–water partition coefficient (Wildman–Crippen LogP) is 3.33. The second-order valence-electron chi connectivity index (χ2n) is 4.81. The number of halogens is 2. The van der Waals surface area contributed by atoms with Gasteiger partial charge in [-0.05, 0) is 36.2 Å². The van der Waals surface area contributed by atoms with E-state index in [-0.39, 0.29) is 22.7 Å². The number of ether oxygens (including phenoxy) is 1. The zero-order valence-electron chi connectivity index (χ0n) is 11.0. The van der Waals surface area contributed by atoms with Crippen molar-refractivity contribution < 1.29 is 18.3 Å². The number of amides is 1. The van der Waals surface area contributed by atoms with E-state index in [1.54, 1.807) is 18.2 Å². The molecular formula is C15H13ClFNO3. The molecule has 1 aliphatic heterocycles. The van der Waals surface area contributed by atoms with E-state index in [0.717, 1.165) is 0 Å². The van der Waals surface area contributed by atoms with Crippen LogP contribution < -0.4 is 5.32 Å². The summed E-state index contributed by atoms with van der Waals surface area (Å²) in [5.41, 5.74) is 0.652. The minimum Gasteiger partial charge on any atom is -0.459 e. The highest BCUT2D eigenvalue weighted by atomic mass is 35.5. The number of benzene rings is 1. The van der Waals surface area contributed by atoms with Gasteiger partial charge in [0.1, 0.15) is 11.9 Å². The van der Waals surface area contributed by atoms with Gasteiger partial charge in [0.15, 0.2) is 5.76 Å². The molecule has 1 N–H and O–H groups in total. The van der Waals surface area contributed by atoms with Crippen LogP contribution in [0, 0.1) is 5.82 Å². The maximum Gasteiger partial charge on any atom is 0.287 e. The van der Waals surface area contributed by atoms with Gasteiger partial charge < -0.3 is 14.5 Å². The number of rotatable bonds is 3. The van der Waals surface area contributed by atoms with Crippen LogP contribution >= 0.6 is 11.6 Å². The van der Waals surface area contributed by atoms with E-state index >= 15 is 0 Å². The average molecular weight is 310 g/mol. The molecule has 21 heavy (non-hydrogen) atoms. The Hall–Kier alpha value is -1.85. The summed E-state index contributed by atoms with van der Waals surface area (Å²) in [7, 11) is 0. The Bertz CT molecular complexity index is 644. The Morgan fingerprint density at radius 2 is 2.24 bits per heavy atom. The molecule has 110 valence electrons. The molecule has 2 aromatic rings. The van der Waals surface area contributed by atoms with E-state index in [0.29, 0.717) is 18.6 Å². The lowest BCUT2D eigenvalue weighted by Crippen LogP contribution is -2.36. The molecule has 1 saturated heterocycles. The van der Waals surface area contributed by atoms with Crippen molar-refractivity contribution in [1.29, 1.82) is 0 Å². The van der Waals surface area contributed by atoms with Crippen LogP contribution in [0.3, 0.4) is 0 Å². The zero-order chi connectivity index (χ0) is 14.8. The van der Waals surface area contributed by atoms with Crippen molar-refractivity contribution in [3.05, 3.63) is 58.8 Å². The van der Waals surface area contributed by atoms with Crippen molar-refractivity contribution >= 4 is 17.5 Å². The van der Waals surface area contributed by atoms with Gasteiger partial charge in [-0.25, -0.2) is 4.39 Å². The highest BCUT2D eigenvalue weighted by Gasteiger charge is 2.32. The largest absolute Gasteiger partial charge is 0.459 e. The van der Waals surface area contributed by atoms with Crippen molar-refractivity contribution in [2.24, 2.45) is 0 Å². The minimum atomic E-state index is -0.499. The normalized spacial score (nSPS) is 21.4. The van der Waals surface area contributed by atoms with Gasteiger partial charge in [0.25, 0.3) is 5.91 Å². The maximum atomic E-state index is 13.6. The molecule has 2 atom stereocenters. The summed E-state index contributed by atoms with van der Waals surface area (Å²) in [6.07, 6.45) is 1.70. The van der Waals surface area contributed by atoms with Gasteiger partial charge in [-0.3, -0.25) is 4.79 Å². The van der Waals surface area contributed by atoms with Gasteiger partial charge in [-0.1, -0.05) is 17.7 Å². The number of hydrogen-bond donors (Lipinski definition) is 1. The molecule has 0 spiro atoms. The molecule has 1 amide bonds. The molecule has 0 radical (unpaired) electrons. The molecule has 1 aliphatic rings. The molecule has 0 bridgehead atoms. The molecule has 1 aromatic heterocycles. The van der Waals surface area contributed by atoms with E-state index < -0.39 is 11.9 Å². The topological polar surface area (TPSA) is 51.5 Å². The van der Waals surface area contributed by atoms with E-state index in [9.17, 15) is 9.18 Å². The molecular weight excluding hydrogens is 297 g/mol. The zero-order valence-corrected chi connectivity index (χ0v) is 11.8. The quantitative estimate of drug-likeness (QED) is 0.946. The summed E-state index contributed by atoms with van der Waals surface area (Å²) in [5, 5.41) is 2.91. The van der Waals surface area contributed by atoms with Crippen LogP contribution in [0.25, 0.3) is 0 Å². The number of furan rings is 1. The predicted molar refractivity (Wildman–Crippen MR) is 74.7 cm³/mol. The van der Waals surface area contributed by atoms with Gasteiger partial charge >= 0.3 is 0 Å². The lowest BCUT2D eigenvalue weighted by atomic mass is 10.0. The number of carbonyl (C=O) groups excluding carboxylic acids is 1. The first-order valence-electron chi connectivity index (χ1n) is 6.56. The minimum absolute atomic E-state index is 0.0629. The van der Waals surface area contributed by atoms with Crippen LogP contribution in [-0.2, 0) is 4.74 Å². The highest BCUT2D eigenvalue weighted by molar-refractivity contribution is 6.30. The van der Waals surface area contributed by atoms with Crippen molar-refractivity contribution in [2.75, 3.05) is 6.61 Å². The van der Waals surface area contributed by atoms with Gasteiger partial charge in [-0.2, -0.15) is 0 Å². The Morgan fingerprint density at radius 3 is 2.95 bits per heavy atom. The van der Waals surface area contributed by atoms with Crippen LogP contribution in [0.4, 0.5) is 4.39 Å². The Balaban J connectivity index is 1.76. The van der Waals surface area contributed by atoms with Crippen LogP contribution in [0.1, 0.15) is 28.6 Å². The molecule has 1 aromatic carbocycles. The average Bonchev–Trinajstić information content (AvgIpc) is 3.13. The first kappa shape index (κ1) is 14.1. The lowest BCUT2D eigenvalue weighted by molar-refractivity contribution is 0.0801. The fourth-order valence-corrected chi connectivity index (χ4v) is 2.52. The molecule has 3 rings (SSSR count). The second kappa shape index (κ2) is 5.87. The molecule has 6 heteroatoms. The van der Waals surface area contributed by atoms with Crippen molar-refractivity contribution in [3.8, 4) is 0 Å². The molecule has 0 saturated carbocycles. The smallest absolute Gasteiger partial charge is 0.287 e. The molecule has 0 aliphatic carbocycles. The number of nitrogens with one attached hydrogen (secondary N) is 1. The summed E-state index contributed by atoms with van der Waals surface area (Å²) >= 11 is 5.68. The van der Waals surface area contributed by atoms with Crippen molar-refractivity contribution in [2.45, 2.75) is 18.6 Å². The third kappa shape index (κ3) is 2.94. The first-order chi connectivity index (χ1) is 10.1. The second-order valence-corrected chi connectivity index (χ2v) is 5.22. The Morgan fingerprint density at radius 1 is 1.38 bits per heavy atom. The fraction of sp³-hybridized carbons (Fsp3) is 0.267. The Kier molecular flexibility index (Phi) is 3.94. The van der Waals surface area contributed by atoms with Crippen LogP contribution in [-0.4, -0.2) is 18.6 Å². The van der Waals surface area contributed by atoms with E-state index in [4.69, 9.17) is 20.8 Å². The van der Waals surface area contributed by atoms with Crippen LogP contribution in [0.15, 0.2) is 41.0 Å². The van der Waals surface area contributed by atoms with E-state index in [1.807, 2.05) is 0 Å². The van der Waals surface area contributed by atoms with Crippen LogP contribution in [0.5, 0.6) is 0 Å². The number of carbonyl (C=O) groups is 1. The summed E-state index contributed by atoms with van der Waals surface area (Å²) in [5.74, 6) is -0.571. The number of hydrogen-bond acceptors (Lipinski definition) is 3. The van der Waals surface area contributed by atoms with E-state index in [1.165, 1.54) is 18.4 Å². The molecule has 4 nitrogen and oxygen atoms in total. The van der Waals surface area contributed by atoms with Gasteiger partial charge in [-0.15, -0.1) is 0 Å². The van der Waals surface area contributed by atoms with Crippen molar-refractivity contribution in [1.82, 2.24) is 5.32 Å². The summed E-state index contributed by atoms with van der Waals surface area (Å²) in [4.78, 5) is 12.0. The van der Waals surface area contributed by atoms with Crippen LogP contribution in [0.2, 0.25) is 5.02 Å². The highest BCUT2D eigenvalue weighted by Crippen LogP contribution is 2.31. The standard InChI is InChI=1S/C15H13ClFNO3/c16-10-4-3-9(8-11(10)17)14-12(5-7-21-14)18-15(19)13-2-1-6-20-13/h1-4,6,8,12,14H,5,7H2,(H,18,19)/t12-,14-/m1/s1. The van der Waals surface area contributed by atoms with Crippen molar-refractivity contribution in [3.63, 3.8) is 0 Å².